The molecule has 0 unspecified atom stereocenters. The van der Waals surface area contributed by atoms with Gasteiger partial charge < -0.3 is 4.57 Å². The van der Waals surface area contributed by atoms with Crippen LogP contribution in [0.2, 0.25) is 0 Å². The van der Waals surface area contributed by atoms with Crippen molar-refractivity contribution in [3.8, 4) is 11.5 Å². The van der Waals surface area contributed by atoms with Crippen molar-refractivity contribution in [1.29, 1.82) is 0 Å². The summed E-state index contributed by atoms with van der Waals surface area (Å²) in [6.07, 6.45) is 4.99. The molecule has 0 N–H and O–H groups in total. The summed E-state index contributed by atoms with van der Waals surface area (Å²) in [6, 6.07) is 0. The Morgan fingerprint density at radius 1 is 1.12 bits per heavy atom. The van der Waals surface area contributed by atoms with Crippen molar-refractivity contribution < 1.29 is 0 Å². The fraction of sp³-hybridized carbons (Fsp3) is 0.455. The van der Waals surface area contributed by atoms with Crippen LogP contribution in [0.3, 0.4) is 0 Å². The minimum absolute atomic E-state index is 0.0256. The Labute approximate surface area is 94.6 Å². The summed E-state index contributed by atoms with van der Waals surface area (Å²) in [6.45, 7) is 6.33. The summed E-state index contributed by atoms with van der Waals surface area (Å²) in [5.74, 6) is 1.69. The Hall–Kier alpha value is -1.78. The molecule has 0 spiro atoms. The fourth-order valence-electron chi connectivity index (χ4n) is 1.62. The van der Waals surface area contributed by atoms with Crippen LogP contribution in [0.4, 0.5) is 0 Å². The third-order valence-corrected chi connectivity index (χ3v) is 2.34. The SMILES string of the molecule is Cn1c(-c2cnccn2)nnc1C(C)(C)C. The summed E-state index contributed by atoms with van der Waals surface area (Å²) in [7, 11) is 1.95. The van der Waals surface area contributed by atoms with Gasteiger partial charge in [0.15, 0.2) is 5.82 Å². The van der Waals surface area contributed by atoms with Gasteiger partial charge in [-0.05, 0) is 0 Å². The molecule has 0 aliphatic heterocycles. The first-order valence-electron chi connectivity index (χ1n) is 5.16. The van der Waals surface area contributed by atoms with Gasteiger partial charge >= 0.3 is 0 Å². The molecular formula is C11H15N5. The molecule has 0 aromatic carbocycles. The predicted octanol–water partition coefficient (Wildman–Crippen LogP) is 1.57. The molecule has 0 saturated heterocycles. The van der Waals surface area contributed by atoms with E-state index in [1.54, 1.807) is 18.6 Å². The highest BCUT2D eigenvalue weighted by atomic mass is 15.3. The minimum Gasteiger partial charge on any atom is -0.312 e. The van der Waals surface area contributed by atoms with Crippen LogP contribution in [0, 0.1) is 0 Å². The first-order valence-corrected chi connectivity index (χ1v) is 5.16. The Morgan fingerprint density at radius 2 is 1.88 bits per heavy atom. The normalized spacial score (nSPS) is 11.8. The highest BCUT2D eigenvalue weighted by molar-refractivity contribution is 5.47. The van der Waals surface area contributed by atoms with Crippen molar-refractivity contribution in [2.75, 3.05) is 0 Å². The van der Waals surface area contributed by atoms with E-state index in [9.17, 15) is 0 Å². The molecule has 2 heterocycles. The summed E-state index contributed by atoms with van der Waals surface area (Å²) in [5.41, 5.74) is 0.718. The molecule has 5 nitrogen and oxygen atoms in total. The number of rotatable bonds is 1. The van der Waals surface area contributed by atoms with Gasteiger partial charge in [-0.2, -0.15) is 0 Å². The van der Waals surface area contributed by atoms with E-state index in [1.165, 1.54) is 0 Å². The van der Waals surface area contributed by atoms with Gasteiger partial charge in [0.25, 0.3) is 0 Å². The van der Waals surface area contributed by atoms with Crippen LogP contribution >= 0.6 is 0 Å². The van der Waals surface area contributed by atoms with Crippen molar-refractivity contribution in [1.82, 2.24) is 24.7 Å². The second kappa shape index (κ2) is 3.66. The lowest BCUT2D eigenvalue weighted by molar-refractivity contribution is 0.521. The summed E-state index contributed by atoms with van der Waals surface area (Å²) >= 11 is 0. The zero-order valence-electron chi connectivity index (χ0n) is 9.97. The first kappa shape index (κ1) is 10.7. The number of hydrogen-bond acceptors (Lipinski definition) is 4. The van der Waals surface area contributed by atoms with E-state index in [4.69, 9.17) is 0 Å². The summed E-state index contributed by atoms with van der Waals surface area (Å²) in [5, 5.41) is 8.37. The van der Waals surface area contributed by atoms with Crippen LogP contribution in [0.25, 0.3) is 11.5 Å². The van der Waals surface area contributed by atoms with Crippen molar-refractivity contribution in [2.45, 2.75) is 26.2 Å². The fourth-order valence-corrected chi connectivity index (χ4v) is 1.62. The molecule has 16 heavy (non-hydrogen) atoms. The van der Waals surface area contributed by atoms with Gasteiger partial charge in [-0.3, -0.25) is 4.98 Å². The average Bonchev–Trinajstić information content (AvgIpc) is 2.61. The lowest BCUT2D eigenvalue weighted by Crippen LogP contribution is -2.17. The molecule has 84 valence electrons. The van der Waals surface area contributed by atoms with Crippen molar-refractivity contribution in [3.63, 3.8) is 0 Å². The van der Waals surface area contributed by atoms with Crippen LogP contribution in [0.1, 0.15) is 26.6 Å². The minimum atomic E-state index is -0.0256. The van der Waals surface area contributed by atoms with Gasteiger partial charge in [-0.1, -0.05) is 20.8 Å². The number of hydrogen-bond donors (Lipinski definition) is 0. The lowest BCUT2D eigenvalue weighted by Gasteiger charge is -2.16. The maximum absolute atomic E-state index is 4.22. The Morgan fingerprint density at radius 3 is 2.38 bits per heavy atom. The molecule has 2 aromatic heterocycles. The van der Waals surface area contributed by atoms with Crippen LogP contribution in [0.5, 0.6) is 0 Å². The van der Waals surface area contributed by atoms with Gasteiger partial charge in [-0.25, -0.2) is 4.98 Å². The van der Waals surface area contributed by atoms with Gasteiger partial charge in [0.1, 0.15) is 11.5 Å². The monoisotopic (exact) mass is 217 g/mol. The lowest BCUT2D eigenvalue weighted by atomic mass is 9.96. The molecule has 0 amide bonds. The van der Waals surface area contributed by atoms with E-state index in [0.717, 1.165) is 17.3 Å². The third kappa shape index (κ3) is 1.80. The second-order valence-corrected chi connectivity index (χ2v) is 4.75. The highest BCUT2D eigenvalue weighted by Gasteiger charge is 2.22. The van der Waals surface area contributed by atoms with E-state index >= 15 is 0 Å². The molecule has 5 heteroatoms. The number of aromatic nitrogens is 5. The smallest absolute Gasteiger partial charge is 0.183 e. The van der Waals surface area contributed by atoms with E-state index in [2.05, 4.69) is 40.9 Å². The van der Waals surface area contributed by atoms with Crippen LogP contribution in [-0.4, -0.2) is 24.7 Å². The molecule has 0 radical (unpaired) electrons. The molecule has 0 saturated carbocycles. The molecule has 2 rings (SSSR count). The van der Waals surface area contributed by atoms with Crippen LogP contribution in [0.15, 0.2) is 18.6 Å². The summed E-state index contributed by atoms with van der Waals surface area (Å²) in [4.78, 5) is 8.25. The van der Waals surface area contributed by atoms with E-state index in [1.807, 2.05) is 11.6 Å². The third-order valence-electron chi connectivity index (χ3n) is 2.34. The number of nitrogens with zero attached hydrogens (tertiary/aromatic N) is 5. The van der Waals surface area contributed by atoms with Crippen LogP contribution < -0.4 is 0 Å². The van der Waals surface area contributed by atoms with E-state index in [-0.39, 0.29) is 5.41 Å². The molecule has 0 bridgehead atoms. The van der Waals surface area contributed by atoms with E-state index in [0.29, 0.717) is 0 Å². The molecule has 0 aliphatic rings. The van der Waals surface area contributed by atoms with E-state index < -0.39 is 0 Å². The predicted molar refractivity (Wildman–Crippen MR) is 60.7 cm³/mol. The zero-order chi connectivity index (χ0) is 11.8. The second-order valence-electron chi connectivity index (χ2n) is 4.75. The average molecular weight is 217 g/mol. The molecule has 0 atom stereocenters. The maximum atomic E-state index is 4.22. The Bertz CT molecular complexity index is 481. The maximum Gasteiger partial charge on any atom is 0.183 e. The van der Waals surface area contributed by atoms with Gasteiger partial charge in [0, 0.05) is 24.9 Å². The van der Waals surface area contributed by atoms with Crippen LogP contribution in [-0.2, 0) is 12.5 Å². The van der Waals surface area contributed by atoms with Crippen molar-refractivity contribution in [2.24, 2.45) is 7.05 Å². The topological polar surface area (TPSA) is 56.5 Å². The van der Waals surface area contributed by atoms with Crippen molar-refractivity contribution >= 4 is 0 Å². The Balaban J connectivity index is 2.50. The molecule has 0 aliphatic carbocycles. The Kier molecular flexibility index (Phi) is 2.46. The molecule has 2 aromatic rings. The zero-order valence-corrected chi connectivity index (χ0v) is 9.97. The molecular weight excluding hydrogens is 202 g/mol. The standard InChI is InChI=1S/C11H15N5/c1-11(2,3)10-15-14-9(16(10)4)8-7-12-5-6-13-8/h5-7H,1-4H3. The largest absolute Gasteiger partial charge is 0.312 e. The molecule has 0 fully saturated rings. The quantitative estimate of drug-likeness (QED) is 0.727. The highest BCUT2D eigenvalue weighted by Crippen LogP contribution is 2.23. The van der Waals surface area contributed by atoms with Gasteiger partial charge in [-0.15, -0.1) is 10.2 Å². The first-order chi connectivity index (χ1) is 7.50. The van der Waals surface area contributed by atoms with Crippen molar-refractivity contribution in [3.05, 3.63) is 24.4 Å². The summed E-state index contributed by atoms with van der Waals surface area (Å²) < 4.78 is 1.96. The van der Waals surface area contributed by atoms with Gasteiger partial charge in [0.2, 0.25) is 0 Å². The van der Waals surface area contributed by atoms with Gasteiger partial charge in [0.05, 0.1) is 6.20 Å².